The van der Waals surface area contributed by atoms with Crippen LogP contribution in [0, 0.1) is 5.92 Å². The topological polar surface area (TPSA) is 27.8 Å². The van der Waals surface area contributed by atoms with Crippen molar-refractivity contribution in [2.24, 2.45) is 5.92 Å². The summed E-state index contributed by atoms with van der Waals surface area (Å²) in [4.78, 5) is 3.44. The Kier molecular flexibility index (Phi) is 3.27. The van der Waals surface area contributed by atoms with E-state index in [0.717, 1.165) is 5.92 Å². The van der Waals surface area contributed by atoms with Gasteiger partial charge in [0.1, 0.15) is 0 Å². The van der Waals surface area contributed by atoms with Gasteiger partial charge in [-0.2, -0.15) is 11.8 Å². The van der Waals surface area contributed by atoms with Crippen LogP contribution in [0.3, 0.4) is 0 Å². The van der Waals surface area contributed by atoms with E-state index in [-0.39, 0.29) is 0 Å². The van der Waals surface area contributed by atoms with Crippen molar-refractivity contribution < 1.29 is 0 Å². The average molecular weight is 286 g/mol. The number of fused-ring (bicyclic) bond motifs is 2. The first-order valence-electron chi connectivity index (χ1n) is 7.68. The molecule has 0 amide bonds. The summed E-state index contributed by atoms with van der Waals surface area (Å²) in [5, 5.41) is 5.38. The van der Waals surface area contributed by atoms with Crippen molar-refractivity contribution in [2.45, 2.75) is 31.2 Å². The second-order valence-electron chi connectivity index (χ2n) is 6.31. The molecule has 1 saturated heterocycles. The highest BCUT2D eigenvalue weighted by atomic mass is 32.2. The number of aromatic nitrogens is 1. The quantitative estimate of drug-likeness (QED) is 0.884. The Morgan fingerprint density at radius 2 is 2.25 bits per heavy atom. The molecular formula is C17H22N2S. The lowest BCUT2D eigenvalue weighted by Gasteiger charge is -2.31. The van der Waals surface area contributed by atoms with Gasteiger partial charge in [0, 0.05) is 29.1 Å². The van der Waals surface area contributed by atoms with E-state index in [2.05, 4.69) is 41.0 Å². The Hall–Kier alpha value is -0.930. The Bertz CT molecular complexity index is 618. The van der Waals surface area contributed by atoms with Gasteiger partial charge >= 0.3 is 0 Å². The third-order valence-electron chi connectivity index (χ3n) is 5.10. The van der Waals surface area contributed by atoms with Crippen LogP contribution in [-0.4, -0.2) is 29.6 Å². The van der Waals surface area contributed by atoms with Gasteiger partial charge in [0.25, 0.3) is 0 Å². The molecule has 3 atom stereocenters. The molecule has 2 nitrogen and oxygen atoms in total. The number of rotatable bonds is 2. The van der Waals surface area contributed by atoms with Crippen LogP contribution in [0.1, 0.15) is 29.9 Å². The van der Waals surface area contributed by atoms with Gasteiger partial charge < -0.3 is 10.3 Å². The molecule has 0 radical (unpaired) electrons. The van der Waals surface area contributed by atoms with E-state index in [4.69, 9.17) is 0 Å². The van der Waals surface area contributed by atoms with E-state index in [1.807, 2.05) is 11.8 Å². The standard InChI is InChI=1S/C17H22N2S/c1-20-10-11-5-6-13-14-3-2-4-15-17(14)12(9-19-15)7-16(13)18-8-11/h2-4,9,11,13,16,18-19H,5-8,10H2,1H3. The summed E-state index contributed by atoms with van der Waals surface area (Å²) < 4.78 is 0. The number of hydrogen-bond acceptors (Lipinski definition) is 2. The largest absolute Gasteiger partial charge is 0.361 e. The number of hydrogen-bond donors (Lipinski definition) is 2. The molecule has 3 heteroatoms. The number of aromatic amines is 1. The molecule has 1 fully saturated rings. The van der Waals surface area contributed by atoms with Crippen LogP contribution in [-0.2, 0) is 6.42 Å². The van der Waals surface area contributed by atoms with Crippen LogP contribution in [0.15, 0.2) is 24.4 Å². The summed E-state index contributed by atoms with van der Waals surface area (Å²) >= 11 is 1.99. The molecule has 0 saturated carbocycles. The molecule has 2 aliphatic rings. The van der Waals surface area contributed by atoms with Crippen molar-refractivity contribution in [1.82, 2.24) is 10.3 Å². The molecule has 2 N–H and O–H groups in total. The summed E-state index contributed by atoms with van der Waals surface area (Å²) in [6.45, 7) is 1.19. The first-order valence-corrected chi connectivity index (χ1v) is 9.07. The van der Waals surface area contributed by atoms with E-state index >= 15 is 0 Å². The zero-order chi connectivity index (χ0) is 13.5. The molecule has 2 heterocycles. The zero-order valence-corrected chi connectivity index (χ0v) is 12.8. The predicted octanol–water partition coefficient (Wildman–Crippen LogP) is 3.54. The van der Waals surface area contributed by atoms with Gasteiger partial charge in [0.15, 0.2) is 0 Å². The van der Waals surface area contributed by atoms with E-state index in [9.17, 15) is 0 Å². The van der Waals surface area contributed by atoms with Crippen LogP contribution in [0.25, 0.3) is 10.9 Å². The minimum atomic E-state index is 0.635. The fourth-order valence-corrected chi connectivity index (χ4v) is 4.89. The maximum Gasteiger partial charge on any atom is 0.0459 e. The summed E-state index contributed by atoms with van der Waals surface area (Å²) in [6.07, 6.45) is 8.34. The van der Waals surface area contributed by atoms with Crippen LogP contribution >= 0.6 is 11.8 Å². The van der Waals surface area contributed by atoms with Gasteiger partial charge in [-0.3, -0.25) is 0 Å². The third-order valence-corrected chi connectivity index (χ3v) is 5.91. The van der Waals surface area contributed by atoms with Gasteiger partial charge in [-0.15, -0.1) is 0 Å². The first-order chi connectivity index (χ1) is 9.86. The van der Waals surface area contributed by atoms with Crippen molar-refractivity contribution in [3.63, 3.8) is 0 Å². The summed E-state index contributed by atoms with van der Waals surface area (Å²) in [7, 11) is 0. The number of H-pyrrole nitrogens is 1. The van der Waals surface area contributed by atoms with Crippen LogP contribution < -0.4 is 5.32 Å². The van der Waals surface area contributed by atoms with Crippen molar-refractivity contribution >= 4 is 22.7 Å². The fraction of sp³-hybridized carbons (Fsp3) is 0.529. The molecule has 0 bridgehead atoms. The molecule has 0 spiro atoms. The summed E-state index contributed by atoms with van der Waals surface area (Å²) in [6, 6.07) is 7.41. The molecule has 106 valence electrons. The molecule has 3 unspecified atom stereocenters. The molecular weight excluding hydrogens is 264 g/mol. The van der Waals surface area contributed by atoms with Gasteiger partial charge in [-0.1, -0.05) is 12.1 Å². The Balaban J connectivity index is 1.70. The maximum absolute atomic E-state index is 3.86. The van der Waals surface area contributed by atoms with Crippen molar-refractivity contribution in [3.8, 4) is 0 Å². The molecule has 1 aliphatic carbocycles. The summed E-state index contributed by atoms with van der Waals surface area (Å²) in [5.41, 5.74) is 4.40. The van der Waals surface area contributed by atoms with E-state index in [0.29, 0.717) is 12.0 Å². The van der Waals surface area contributed by atoms with E-state index in [1.54, 1.807) is 5.56 Å². The number of nitrogens with one attached hydrogen (secondary N) is 2. The minimum Gasteiger partial charge on any atom is -0.361 e. The monoisotopic (exact) mass is 286 g/mol. The highest BCUT2D eigenvalue weighted by Crippen LogP contribution is 2.41. The number of thioether (sulfide) groups is 1. The molecule has 1 aliphatic heterocycles. The Morgan fingerprint density at radius 3 is 3.15 bits per heavy atom. The van der Waals surface area contributed by atoms with Gasteiger partial charge in [0.05, 0.1) is 0 Å². The zero-order valence-electron chi connectivity index (χ0n) is 12.0. The highest BCUT2D eigenvalue weighted by Gasteiger charge is 2.33. The molecule has 1 aromatic heterocycles. The predicted molar refractivity (Wildman–Crippen MR) is 87.6 cm³/mol. The van der Waals surface area contributed by atoms with Gasteiger partial charge in [-0.05, 0) is 60.9 Å². The smallest absolute Gasteiger partial charge is 0.0459 e. The van der Waals surface area contributed by atoms with Crippen molar-refractivity contribution in [2.75, 3.05) is 18.6 Å². The number of benzene rings is 1. The van der Waals surface area contributed by atoms with Crippen molar-refractivity contribution in [3.05, 3.63) is 35.5 Å². The Morgan fingerprint density at radius 1 is 1.30 bits per heavy atom. The molecule has 1 aromatic carbocycles. The fourth-order valence-electron chi connectivity index (χ4n) is 4.14. The molecule has 4 rings (SSSR count). The second kappa shape index (κ2) is 5.12. The lowest BCUT2D eigenvalue weighted by molar-refractivity contribution is 0.440. The summed E-state index contributed by atoms with van der Waals surface area (Å²) in [5.74, 6) is 2.84. The molecule has 2 aromatic rings. The van der Waals surface area contributed by atoms with Gasteiger partial charge in [-0.25, -0.2) is 0 Å². The van der Waals surface area contributed by atoms with E-state index < -0.39 is 0 Å². The lowest BCUT2D eigenvalue weighted by Crippen LogP contribution is -2.38. The minimum absolute atomic E-state index is 0.635. The lowest BCUT2D eigenvalue weighted by atomic mass is 9.78. The second-order valence-corrected chi connectivity index (χ2v) is 7.22. The average Bonchev–Trinajstić information content (AvgIpc) is 2.77. The molecule has 20 heavy (non-hydrogen) atoms. The van der Waals surface area contributed by atoms with Crippen LogP contribution in [0.5, 0.6) is 0 Å². The van der Waals surface area contributed by atoms with Gasteiger partial charge in [0.2, 0.25) is 0 Å². The Labute approximate surface area is 124 Å². The van der Waals surface area contributed by atoms with E-state index in [1.165, 1.54) is 48.0 Å². The first kappa shape index (κ1) is 12.8. The van der Waals surface area contributed by atoms with Crippen molar-refractivity contribution in [1.29, 1.82) is 0 Å². The maximum atomic E-state index is 3.86. The van der Waals surface area contributed by atoms with Crippen LogP contribution in [0.2, 0.25) is 0 Å². The SMILES string of the molecule is CSCC1CCC2c3cccc4[nH]cc(c34)CC2NC1. The highest BCUT2D eigenvalue weighted by molar-refractivity contribution is 7.98. The van der Waals surface area contributed by atoms with Crippen LogP contribution in [0.4, 0.5) is 0 Å². The normalized spacial score (nSPS) is 29.1. The third kappa shape index (κ3) is 1.99.